The zero-order valence-electron chi connectivity index (χ0n) is 20.3. The van der Waals surface area contributed by atoms with Crippen LogP contribution in [0.2, 0.25) is 10.0 Å². The Morgan fingerprint density at radius 1 is 1.14 bits per heavy atom. The molecule has 36 heavy (non-hydrogen) atoms. The molecule has 1 unspecified atom stereocenters. The summed E-state index contributed by atoms with van der Waals surface area (Å²) in [7, 11) is 1.57. The number of thioether (sulfide) groups is 1. The first-order valence-electron chi connectivity index (χ1n) is 11.3. The van der Waals surface area contributed by atoms with Gasteiger partial charge in [0, 0.05) is 5.70 Å². The van der Waals surface area contributed by atoms with Crippen LogP contribution in [-0.4, -0.2) is 40.2 Å². The largest absolute Gasteiger partial charge is 0.493 e. The van der Waals surface area contributed by atoms with Crippen molar-refractivity contribution in [3.8, 4) is 11.5 Å². The number of nitrogens with zero attached hydrogens (tertiary/aromatic N) is 3. The molecule has 1 aliphatic heterocycles. The van der Waals surface area contributed by atoms with Gasteiger partial charge in [-0.15, -0.1) is 5.10 Å². The number of hydrogen-bond acceptors (Lipinski definition) is 8. The summed E-state index contributed by atoms with van der Waals surface area (Å²) in [6, 6.07) is 10.3. The molecule has 2 aromatic carbocycles. The number of methoxy groups -OCH3 is 1. The first-order valence-corrected chi connectivity index (χ1v) is 13.1. The van der Waals surface area contributed by atoms with E-state index in [1.165, 1.54) is 11.8 Å². The van der Waals surface area contributed by atoms with Gasteiger partial charge in [0.05, 0.1) is 29.3 Å². The fourth-order valence-electron chi connectivity index (χ4n) is 3.87. The fourth-order valence-corrected chi connectivity index (χ4v) is 4.74. The lowest BCUT2D eigenvalue weighted by atomic mass is 9.95. The van der Waals surface area contributed by atoms with Crippen LogP contribution in [-0.2, 0) is 16.1 Å². The van der Waals surface area contributed by atoms with Gasteiger partial charge in [-0.2, -0.15) is 4.98 Å². The summed E-state index contributed by atoms with van der Waals surface area (Å²) in [5.74, 6) is 2.01. The molecular formula is C25H26Cl2N4O4S. The van der Waals surface area contributed by atoms with Crippen LogP contribution < -0.4 is 14.8 Å². The minimum absolute atomic E-state index is 0.258. The molecule has 0 aliphatic carbocycles. The molecule has 3 aromatic rings. The van der Waals surface area contributed by atoms with Crippen molar-refractivity contribution in [1.82, 2.24) is 14.8 Å². The highest BCUT2D eigenvalue weighted by molar-refractivity contribution is 7.99. The maximum Gasteiger partial charge on any atom is 0.338 e. The van der Waals surface area contributed by atoms with Gasteiger partial charge in [0.25, 0.3) is 0 Å². The minimum Gasteiger partial charge on any atom is -0.493 e. The highest BCUT2D eigenvalue weighted by atomic mass is 35.5. The predicted octanol–water partition coefficient (Wildman–Crippen LogP) is 6.14. The first-order chi connectivity index (χ1) is 17.4. The number of fused-ring (bicyclic) bond motifs is 1. The Balaban J connectivity index is 1.70. The molecule has 0 saturated carbocycles. The van der Waals surface area contributed by atoms with Crippen LogP contribution in [0.25, 0.3) is 0 Å². The van der Waals surface area contributed by atoms with Crippen LogP contribution in [0.4, 0.5) is 5.95 Å². The van der Waals surface area contributed by atoms with E-state index >= 15 is 0 Å². The molecule has 0 saturated heterocycles. The number of esters is 1. The Labute approximate surface area is 223 Å². The van der Waals surface area contributed by atoms with Crippen molar-refractivity contribution in [2.75, 3.05) is 24.8 Å². The average Bonchev–Trinajstić information content (AvgIpc) is 3.26. The smallest absolute Gasteiger partial charge is 0.338 e. The van der Waals surface area contributed by atoms with E-state index in [0.717, 1.165) is 16.9 Å². The number of aromatic nitrogens is 3. The molecule has 8 nitrogen and oxygen atoms in total. The molecule has 4 rings (SSSR count). The molecule has 1 N–H and O–H groups in total. The second-order valence-electron chi connectivity index (χ2n) is 7.83. The summed E-state index contributed by atoms with van der Waals surface area (Å²) in [6.07, 6.45) is 0. The Hall–Kier alpha value is -2.88. The highest BCUT2D eigenvalue weighted by Gasteiger charge is 2.35. The molecule has 0 bridgehead atoms. The van der Waals surface area contributed by atoms with Crippen LogP contribution >= 0.6 is 35.0 Å². The third-order valence-electron chi connectivity index (χ3n) is 5.48. The molecule has 190 valence electrons. The van der Waals surface area contributed by atoms with Gasteiger partial charge in [0.2, 0.25) is 11.1 Å². The van der Waals surface area contributed by atoms with E-state index in [4.69, 9.17) is 37.4 Å². The van der Waals surface area contributed by atoms with E-state index in [1.54, 1.807) is 30.8 Å². The van der Waals surface area contributed by atoms with E-state index in [0.29, 0.717) is 43.9 Å². The maximum absolute atomic E-state index is 13.0. The molecule has 0 spiro atoms. The average molecular weight is 549 g/mol. The van der Waals surface area contributed by atoms with Crippen molar-refractivity contribution in [3.05, 3.63) is 68.8 Å². The standard InChI is InChI=1S/C25H26Cl2N4O4S/c1-5-34-23(32)21-14(3)28-24-29-25(36-6-2)30-31(24)22(21)16-8-10-19(20(12-16)33-4)35-13-15-7-9-17(26)18(27)11-15/h7-12,22H,5-6,13H2,1-4H3,(H,28,29,30). The zero-order chi connectivity index (χ0) is 25.8. The van der Waals surface area contributed by atoms with Gasteiger partial charge >= 0.3 is 5.97 Å². The lowest BCUT2D eigenvalue weighted by molar-refractivity contribution is -0.139. The molecule has 0 radical (unpaired) electrons. The first kappa shape index (κ1) is 26.2. The summed E-state index contributed by atoms with van der Waals surface area (Å²) in [6.45, 7) is 6.17. The maximum atomic E-state index is 13.0. The quantitative estimate of drug-likeness (QED) is 0.252. The summed E-state index contributed by atoms with van der Waals surface area (Å²) in [4.78, 5) is 17.6. The van der Waals surface area contributed by atoms with Crippen molar-refractivity contribution >= 4 is 46.9 Å². The van der Waals surface area contributed by atoms with Crippen LogP contribution in [0.5, 0.6) is 11.5 Å². The Morgan fingerprint density at radius 2 is 1.94 bits per heavy atom. The van der Waals surface area contributed by atoms with Crippen LogP contribution in [0, 0.1) is 0 Å². The SMILES string of the molecule is CCOC(=O)C1=C(C)Nc2nc(SCC)nn2C1c1ccc(OCc2ccc(Cl)c(Cl)c2)c(OC)c1. The number of ether oxygens (including phenoxy) is 3. The van der Waals surface area contributed by atoms with Gasteiger partial charge in [-0.1, -0.05) is 54.0 Å². The number of rotatable bonds is 9. The van der Waals surface area contributed by atoms with Crippen molar-refractivity contribution < 1.29 is 19.0 Å². The van der Waals surface area contributed by atoms with Crippen LogP contribution in [0.15, 0.2) is 52.8 Å². The lowest BCUT2D eigenvalue weighted by Crippen LogP contribution is -2.29. The van der Waals surface area contributed by atoms with Crippen molar-refractivity contribution in [2.24, 2.45) is 0 Å². The number of nitrogens with one attached hydrogen (secondary N) is 1. The van der Waals surface area contributed by atoms with E-state index in [2.05, 4.69) is 15.4 Å². The highest BCUT2D eigenvalue weighted by Crippen LogP contribution is 2.40. The van der Waals surface area contributed by atoms with E-state index in [9.17, 15) is 4.79 Å². The third kappa shape index (κ3) is 5.43. The molecule has 0 amide bonds. The minimum atomic E-state index is -0.558. The Morgan fingerprint density at radius 3 is 2.64 bits per heavy atom. The fraction of sp³-hybridized carbons (Fsp3) is 0.320. The molecule has 0 fully saturated rings. The number of carbonyl (C=O) groups excluding carboxylic acids is 1. The van der Waals surface area contributed by atoms with Gasteiger partial charge in [-0.05, 0) is 55.0 Å². The number of hydrogen-bond donors (Lipinski definition) is 1. The molecule has 1 aliphatic rings. The molecule has 1 aromatic heterocycles. The number of halogens is 2. The summed E-state index contributed by atoms with van der Waals surface area (Å²) in [5, 5.41) is 9.42. The number of anilines is 1. The molecule has 11 heteroatoms. The lowest BCUT2D eigenvalue weighted by Gasteiger charge is -2.28. The Kier molecular flexibility index (Phi) is 8.33. The number of benzene rings is 2. The van der Waals surface area contributed by atoms with Crippen LogP contribution in [0.1, 0.15) is 37.9 Å². The Bertz CT molecular complexity index is 1310. The summed E-state index contributed by atoms with van der Waals surface area (Å²) in [5.41, 5.74) is 2.75. The second-order valence-corrected chi connectivity index (χ2v) is 9.88. The van der Waals surface area contributed by atoms with Crippen molar-refractivity contribution in [3.63, 3.8) is 0 Å². The van der Waals surface area contributed by atoms with Gasteiger partial charge in [-0.3, -0.25) is 0 Å². The van der Waals surface area contributed by atoms with E-state index in [-0.39, 0.29) is 13.2 Å². The molecular weight excluding hydrogens is 523 g/mol. The number of carbonyl (C=O) groups is 1. The number of allylic oxidation sites excluding steroid dienone is 1. The van der Waals surface area contributed by atoms with Crippen molar-refractivity contribution in [1.29, 1.82) is 0 Å². The summed E-state index contributed by atoms with van der Waals surface area (Å²) >= 11 is 13.7. The van der Waals surface area contributed by atoms with E-state index in [1.807, 2.05) is 38.1 Å². The summed E-state index contributed by atoms with van der Waals surface area (Å²) < 4.78 is 18.7. The normalized spacial score (nSPS) is 14.8. The van der Waals surface area contributed by atoms with Gasteiger partial charge in [-0.25, -0.2) is 9.48 Å². The monoisotopic (exact) mass is 548 g/mol. The van der Waals surface area contributed by atoms with Crippen molar-refractivity contribution in [2.45, 2.75) is 38.6 Å². The van der Waals surface area contributed by atoms with Gasteiger partial charge in [0.1, 0.15) is 12.6 Å². The van der Waals surface area contributed by atoms with Gasteiger partial charge in [0.15, 0.2) is 11.5 Å². The van der Waals surface area contributed by atoms with Gasteiger partial charge < -0.3 is 19.5 Å². The predicted molar refractivity (Wildman–Crippen MR) is 141 cm³/mol. The van der Waals surface area contributed by atoms with Crippen LogP contribution in [0.3, 0.4) is 0 Å². The zero-order valence-corrected chi connectivity index (χ0v) is 22.6. The topological polar surface area (TPSA) is 87.5 Å². The third-order valence-corrected chi connectivity index (χ3v) is 6.94. The molecule has 1 atom stereocenters. The second kappa shape index (κ2) is 11.5. The molecule has 2 heterocycles. The van der Waals surface area contributed by atoms with E-state index < -0.39 is 12.0 Å².